The van der Waals surface area contributed by atoms with Gasteiger partial charge >= 0.3 is 0 Å². The number of rotatable bonds is 15. The molecule has 0 saturated carbocycles. The largest absolute Gasteiger partial charge is 0.376 e. The van der Waals surface area contributed by atoms with Crippen molar-refractivity contribution in [3.05, 3.63) is 0 Å². The van der Waals surface area contributed by atoms with Gasteiger partial charge in [0.15, 0.2) is 0 Å². The van der Waals surface area contributed by atoms with Crippen LogP contribution in [-0.2, 0) is 14.4 Å². The zero-order chi connectivity index (χ0) is 17.7. The van der Waals surface area contributed by atoms with Crippen molar-refractivity contribution < 1.29 is 22.9 Å². The second kappa shape index (κ2) is 13.1. The summed E-state index contributed by atoms with van der Waals surface area (Å²) in [5.41, 5.74) is 0. The molecule has 0 aliphatic heterocycles. The van der Waals surface area contributed by atoms with Crippen molar-refractivity contribution in [3.63, 3.8) is 0 Å². The highest BCUT2D eigenvalue weighted by atomic mass is 32.2. The first-order chi connectivity index (χ1) is 10.8. The van der Waals surface area contributed by atoms with E-state index in [0.717, 1.165) is 19.3 Å². The van der Waals surface area contributed by atoms with E-state index in [1.54, 1.807) is 0 Å². The van der Waals surface area contributed by atoms with E-state index >= 15 is 0 Å². The van der Waals surface area contributed by atoms with Gasteiger partial charge in [-0.25, -0.2) is 0 Å². The number of unbranched alkanes of at least 4 members (excludes halogenated alkanes) is 9. The number of hydroxylamine groups is 2. The average Bonchev–Trinajstić information content (AvgIpc) is 2.46. The lowest BCUT2D eigenvalue weighted by Crippen LogP contribution is -2.42. The summed E-state index contributed by atoms with van der Waals surface area (Å²) in [4.78, 5) is 0. The molecule has 0 aromatic carbocycles. The Morgan fingerprint density at radius 2 is 1.22 bits per heavy atom. The minimum Gasteiger partial charge on any atom is -0.376 e. The molecule has 23 heavy (non-hydrogen) atoms. The lowest BCUT2D eigenvalue weighted by Gasteiger charge is -2.25. The van der Waals surface area contributed by atoms with E-state index < -0.39 is 22.6 Å². The van der Waals surface area contributed by atoms with Crippen LogP contribution < -0.4 is 0 Å². The van der Waals surface area contributed by atoms with Crippen LogP contribution in [-0.4, -0.2) is 41.9 Å². The Morgan fingerprint density at radius 1 is 0.826 bits per heavy atom. The fraction of sp³-hybridized carbons (Fsp3) is 1.00. The summed E-state index contributed by atoms with van der Waals surface area (Å²) in [5, 5.41) is 19.4. The second-order valence-corrected chi connectivity index (χ2v) is 7.81. The maximum atomic E-state index is 11.8. The molecule has 0 aliphatic carbocycles. The summed E-state index contributed by atoms with van der Waals surface area (Å²) in [6.07, 6.45) is 8.82. The molecule has 0 rings (SSSR count). The van der Waals surface area contributed by atoms with E-state index in [2.05, 4.69) is 6.92 Å². The molecule has 0 aliphatic rings. The van der Waals surface area contributed by atoms with Crippen LogP contribution in [0, 0.1) is 0 Å². The van der Waals surface area contributed by atoms with Crippen molar-refractivity contribution in [2.75, 3.05) is 5.75 Å². The van der Waals surface area contributed by atoms with Gasteiger partial charge < -0.3 is 10.2 Å². The Kier molecular flexibility index (Phi) is 13.0. The minimum atomic E-state index is -3.77. The van der Waals surface area contributed by atoms with E-state index in [0.29, 0.717) is 11.5 Å². The number of hydrogen-bond donors (Lipinski definition) is 2. The molecule has 2 N–H and O–H groups in total. The first kappa shape index (κ1) is 22.8. The Labute approximate surface area is 141 Å². The van der Waals surface area contributed by atoms with Crippen molar-refractivity contribution in [1.82, 2.24) is 5.06 Å². The second-order valence-electron chi connectivity index (χ2n) is 6.14. The molecule has 6 nitrogen and oxygen atoms in total. The molecule has 0 fully saturated rings. The normalized spacial score (nSPS) is 15.0. The Balaban J connectivity index is 3.74. The van der Waals surface area contributed by atoms with Gasteiger partial charge in [0.1, 0.15) is 12.5 Å². The molecule has 0 radical (unpaired) electrons. The van der Waals surface area contributed by atoms with E-state index in [1.807, 2.05) is 0 Å². The van der Waals surface area contributed by atoms with Crippen LogP contribution in [0.2, 0.25) is 0 Å². The maximum Gasteiger partial charge on any atom is 0.283 e. The SMILES string of the molecule is CCCCCCCCCCCCS(=O)(=O)ON(C(C)O)C(C)O. The maximum absolute atomic E-state index is 11.8. The predicted molar refractivity (Wildman–Crippen MR) is 91.9 cm³/mol. The zero-order valence-corrected chi connectivity index (χ0v) is 15.7. The van der Waals surface area contributed by atoms with Crippen LogP contribution in [0.4, 0.5) is 0 Å². The van der Waals surface area contributed by atoms with Gasteiger partial charge in [-0.15, -0.1) is 5.06 Å². The van der Waals surface area contributed by atoms with Gasteiger partial charge in [-0.1, -0.05) is 64.7 Å². The summed E-state index contributed by atoms with van der Waals surface area (Å²) in [5.74, 6) is -0.0978. The van der Waals surface area contributed by atoms with Crippen LogP contribution in [0.3, 0.4) is 0 Å². The molecule has 0 aromatic rings. The number of aliphatic hydroxyl groups is 2. The van der Waals surface area contributed by atoms with Crippen LogP contribution in [0.15, 0.2) is 0 Å². The van der Waals surface area contributed by atoms with Gasteiger partial charge in [-0.05, 0) is 20.3 Å². The Morgan fingerprint density at radius 3 is 1.61 bits per heavy atom. The summed E-state index contributed by atoms with van der Waals surface area (Å²) in [7, 11) is -3.77. The standard InChI is InChI=1S/C16H35NO5S/c1-4-5-6-7-8-9-10-11-12-13-14-23(20,21)22-17(15(2)18)16(3)19/h15-16,18-19H,4-14H2,1-3H3. The van der Waals surface area contributed by atoms with Gasteiger partial charge in [0.2, 0.25) is 0 Å². The lowest BCUT2D eigenvalue weighted by atomic mass is 10.1. The lowest BCUT2D eigenvalue weighted by molar-refractivity contribution is -0.233. The first-order valence-corrected chi connectivity index (χ1v) is 10.4. The van der Waals surface area contributed by atoms with Crippen LogP contribution in [0.5, 0.6) is 0 Å². The third kappa shape index (κ3) is 12.8. The van der Waals surface area contributed by atoms with E-state index in [9.17, 15) is 18.6 Å². The smallest absolute Gasteiger partial charge is 0.283 e. The third-order valence-corrected chi connectivity index (χ3v) is 4.87. The number of aliphatic hydroxyl groups excluding tert-OH is 2. The van der Waals surface area contributed by atoms with Gasteiger partial charge in [0.05, 0.1) is 5.75 Å². The molecule has 7 heteroatoms. The highest BCUT2D eigenvalue weighted by Crippen LogP contribution is 2.13. The number of nitrogens with zero attached hydrogens (tertiary/aromatic N) is 1. The van der Waals surface area contributed by atoms with Crippen molar-refractivity contribution in [1.29, 1.82) is 0 Å². The van der Waals surface area contributed by atoms with Crippen LogP contribution in [0.1, 0.15) is 85.0 Å². The van der Waals surface area contributed by atoms with E-state index in [-0.39, 0.29) is 5.75 Å². The quantitative estimate of drug-likeness (QED) is 0.267. The minimum absolute atomic E-state index is 0.0978. The van der Waals surface area contributed by atoms with Gasteiger partial charge in [0.25, 0.3) is 10.1 Å². The first-order valence-electron chi connectivity index (χ1n) is 8.87. The summed E-state index contributed by atoms with van der Waals surface area (Å²) in [6, 6.07) is 0. The zero-order valence-electron chi connectivity index (χ0n) is 14.9. The van der Waals surface area contributed by atoms with Crippen molar-refractivity contribution in [2.45, 2.75) is 97.4 Å². The highest BCUT2D eigenvalue weighted by Gasteiger charge is 2.24. The van der Waals surface area contributed by atoms with Crippen LogP contribution in [0.25, 0.3) is 0 Å². The molecule has 0 bridgehead atoms. The fourth-order valence-corrected chi connectivity index (χ4v) is 3.52. The van der Waals surface area contributed by atoms with Gasteiger partial charge in [0, 0.05) is 0 Å². The van der Waals surface area contributed by atoms with Gasteiger partial charge in [-0.3, -0.25) is 0 Å². The fourth-order valence-electron chi connectivity index (χ4n) is 2.37. The summed E-state index contributed by atoms with van der Waals surface area (Å²) < 4.78 is 28.3. The van der Waals surface area contributed by atoms with Crippen LogP contribution >= 0.6 is 0 Å². The van der Waals surface area contributed by atoms with Crippen molar-refractivity contribution in [3.8, 4) is 0 Å². The molecular formula is C16H35NO5S. The van der Waals surface area contributed by atoms with E-state index in [4.69, 9.17) is 4.28 Å². The summed E-state index contributed by atoms with van der Waals surface area (Å²) in [6.45, 7) is 4.88. The molecule has 0 amide bonds. The monoisotopic (exact) mass is 353 g/mol. The Bertz CT molecular complexity index is 363. The average molecular weight is 354 g/mol. The van der Waals surface area contributed by atoms with Crippen molar-refractivity contribution >= 4 is 10.1 Å². The molecular weight excluding hydrogens is 318 g/mol. The topological polar surface area (TPSA) is 87.1 Å². The van der Waals surface area contributed by atoms with Crippen molar-refractivity contribution in [2.24, 2.45) is 0 Å². The molecule has 0 aromatic heterocycles. The number of hydrogen-bond acceptors (Lipinski definition) is 6. The van der Waals surface area contributed by atoms with E-state index in [1.165, 1.54) is 52.4 Å². The third-order valence-electron chi connectivity index (χ3n) is 3.68. The molecule has 140 valence electrons. The molecule has 2 unspecified atom stereocenters. The van der Waals surface area contributed by atoms with Gasteiger partial charge in [-0.2, -0.15) is 12.7 Å². The molecule has 0 heterocycles. The Hall–Kier alpha value is -0.210. The predicted octanol–water partition coefficient (Wildman–Crippen LogP) is 3.15. The highest BCUT2D eigenvalue weighted by molar-refractivity contribution is 7.86. The molecule has 0 saturated heterocycles. The molecule has 2 atom stereocenters. The summed E-state index contributed by atoms with van der Waals surface area (Å²) >= 11 is 0. The molecule has 0 spiro atoms.